The molecule has 0 saturated carbocycles. The van der Waals surface area contributed by atoms with Crippen molar-refractivity contribution in [3.63, 3.8) is 0 Å². The van der Waals surface area contributed by atoms with Gasteiger partial charge in [0.2, 0.25) is 5.91 Å². The minimum Gasteiger partial charge on any atom is -0.375 e. The van der Waals surface area contributed by atoms with Gasteiger partial charge >= 0.3 is 0 Å². The number of ether oxygens (including phenoxy) is 1. The molecule has 0 N–H and O–H groups in total. The average molecular weight is 344 g/mol. The lowest BCUT2D eigenvalue weighted by Gasteiger charge is -2.36. The fraction of sp³-hybridized carbons (Fsp3) is 0.643. The molecule has 0 aromatic carbocycles. The van der Waals surface area contributed by atoms with Crippen LogP contribution >= 0.6 is 11.3 Å². The second-order valence-electron chi connectivity index (χ2n) is 5.72. The standard InChI is InChI=1S/C14H20N2O4S2/c1-11(17)15-6-7-20-13-10-16(5-4-12(13)9-15)22(18,19)14-3-2-8-21-14/h2-3,8,12-13H,4-7,9-10H2,1H3/t12-,13-/m1/s1. The SMILES string of the molecule is CC(=O)N1CCO[C@@H]2CN(S(=O)(=O)c3cccs3)CC[C@@H]2C1. The summed E-state index contributed by atoms with van der Waals surface area (Å²) in [6, 6.07) is 3.38. The summed E-state index contributed by atoms with van der Waals surface area (Å²) in [6.07, 6.45) is 0.590. The highest BCUT2D eigenvalue weighted by molar-refractivity contribution is 7.91. The maximum Gasteiger partial charge on any atom is 0.252 e. The Balaban J connectivity index is 1.73. The lowest BCUT2D eigenvalue weighted by Crippen LogP contribution is -2.49. The van der Waals surface area contributed by atoms with Crippen molar-refractivity contribution in [1.29, 1.82) is 0 Å². The van der Waals surface area contributed by atoms with Crippen LogP contribution in [0.5, 0.6) is 0 Å². The number of amides is 1. The summed E-state index contributed by atoms with van der Waals surface area (Å²) < 4.78 is 32.9. The number of hydrogen-bond acceptors (Lipinski definition) is 5. The molecule has 1 aromatic rings. The molecule has 8 heteroatoms. The van der Waals surface area contributed by atoms with Gasteiger partial charge in [-0.25, -0.2) is 8.42 Å². The van der Waals surface area contributed by atoms with E-state index in [2.05, 4.69) is 0 Å². The highest BCUT2D eigenvalue weighted by atomic mass is 32.2. The number of piperidine rings is 1. The zero-order valence-corrected chi connectivity index (χ0v) is 14.1. The van der Waals surface area contributed by atoms with Crippen LogP contribution in [0.4, 0.5) is 0 Å². The van der Waals surface area contributed by atoms with Crippen LogP contribution in [0.3, 0.4) is 0 Å². The first kappa shape index (κ1) is 15.9. The first-order valence-electron chi connectivity index (χ1n) is 7.39. The van der Waals surface area contributed by atoms with E-state index in [-0.39, 0.29) is 17.9 Å². The molecule has 3 rings (SSSR count). The molecule has 1 amide bonds. The number of carbonyl (C=O) groups excluding carboxylic acids is 1. The Kier molecular flexibility index (Phi) is 4.54. The summed E-state index contributed by atoms with van der Waals surface area (Å²) in [5, 5.41) is 1.77. The molecule has 3 heterocycles. The first-order valence-corrected chi connectivity index (χ1v) is 9.71. The van der Waals surface area contributed by atoms with Crippen LogP contribution in [0, 0.1) is 5.92 Å². The molecule has 2 atom stereocenters. The Bertz CT molecular complexity index is 629. The second kappa shape index (κ2) is 6.27. The molecule has 122 valence electrons. The van der Waals surface area contributed by atoms with Gasteiger partial charge in [-0.1, -0.05) is 6.07 Å². The Hall–Kier alpha value is -0.960. The molecule has 6 nitrogen and oxygen atoms in total. The number of hydrogen-bond donors (Lipinski definition) is 0. The Morgan fingerprint density at radius 3 is 2.86 bits per heavy atom. The van der Waals surface area contributed by atoms with Gasteiger partial charge in [-0.05, 0) is 17.9 Å². The van der Waals surface area contributed by atoms with Crippen LogP contribution in [0.25, 0.3) is 0 Å². The fourth-order valence-corrected chi connectivity index (χ4v) is 5.68. The van der Waals surface area contributed by atoms with Gasteiger partial charge in [0.15, 0.2) is 0 Å². The van der Waals surface area contributed by atoms with Gasteiger partial charge in [0, 0.05) is 39.0 Å². The molecule has 0 bridgehead atoms. The number of rotatable bonds is 2. The summed E-state index contributed by atoms with van der Waals surface area (Å²) in [6.45, 7) is 4.13. The van der Waals surface area contributed by atoms with Crippen LogP contribution in [0.2, 0.25) is 0 Å². The van der Waals surface area contributed by atoms with Crippen LogP contribution in [0.1, 0.15) is 13.3 Å². The number of fused-ring (bicyclic) bond motifs is 1. The van der Waals surface area contributed by atoms with E-state index < -0.39 is 10.0 Å². The fourth-order valence-electron chi connectivity index (χ4n) is 3.06. The monoisotopic (exact) mass is 344 g/mol. The molecule has 2 aliphatic heterocycles. The van der Waals surface area contributed by atoms with Crippen molar-refractivity contribution in [2.75, 3.05) is 32.8 Å². The maximum atomic E-state index is 12.6. The van der Waals surface area contributed by atoms with Crippen molar-refractivity contribution in [3.05, 3.63) is 17.5 Å². The van der Waals surface area contributed by atoms with Crippen molar-refractivity contribution in [1.82, 2.24) is 9.21 Å². The number of thiophene rings is 1. The van der Waals surface area contributed by atoms with E-state index in [1.165, 1.54) is 15.6 Å². The molecule has 2 saturated heterocycles. The molecule has 0 aliphatic carbocycles. The largest absolute Gasteiger partial charge is 0.375 e. The van der Waals surface area contributed by atoms with Gasteiger partial charge in [0.1, 0.15) is 4.21 Å². The Labute approximate surface area is 134 Å². The van der Waals surface area contributed by atoms with E-state index >= 15 is 0 Å². The highest BCUT2D eigenvalue weighted by Crippen LogP contribution is 2.29. The highest BCUT2D eigenvalue weighted by Gasteiger charge is 2.38. The quantitative estimate of drug-likeness (QED) is 0.803. The normalized spacial score (nSPS) is 27.2. The number of carbonyl (C=O) groups is 1. The topological polar surface area (TPSA) is 66.9 Å². The van der Waals surface area contributed by atoms with E-state index in [0.29, 0.717) is 37.0 Å². The van der Waals surface area contributed by atoms with Crippen molar-refractivity contribution in [2.24, 2.45) is 5.92 Å². The van der Waals surface area contributed by atoms with E-state index in [1.807, 2.05) is 0 Å². The van der Waals surface area contributed by atoms with Crippen LogP contribution in [0.15, 0.2) is 21.7 Å². The summed E-state index contributed by atoms with van der Waals surface area (Å²) in [7, 11) is -3.42. The predicted octanol–water partition coefficient (Wildman–Crippen LogP) is 1.01. The molecular formula is C14H20N2O4S2. The number of nitrogens with zero attached hydrogens (tertiary/aromatic N) is 2. The smallest absolute Gasteiger partial charge is 0.252 e. The minimum absolute atomic E-state index is 0.0536. The third-order valence-corrected chi connectivity index (χ3v) is 7.58. The van der Waals surface area contributed by atoms with Gasteiger partial charge in [-0.15, -0.1) is 11.3 Å². The molecule has 2 aliphatic rings. The average Bonchev–Trinajstić information content (AvgIpc) is 2.94. The van der Waals surface area contributed by atoms with Gasteiger partial charge in [0.25, 0.3) is 10.0 Å². The second-order valence-corrected chi connectivity index (χ2v) is 8.83. The minimum atomic E-state index is -3.42. The third kappa shape index (κ3) is 3.05. The predicted molar refractivity (Wildman–Crippen MR) is 83.2 cm³/mol. The first-order chi connectivity index (χ1) is 10.5. The molecule has 1 aromatic heterocycles. The van der Waals surface area contributed by atoms with Crippen molar-refractivity contribution in [3.8, 4) is 0 Å². The van der Waals surface area contributed by atoms with Gasteiger partial charge in [0.05, 0.1) is 12.7 Å². The molecular weight excluding hydrogens is 324 g/mol. The van der Waals surface area contributed by atoms with Crippen molar-refractivity contribution in [2.45, 2.75) is 23.7 Å². The van der Waals surface area contributed by atoms with Gasteiger partial charge < -0.3 is 9.64 Å². The molecule has 2 fully saturated rings. The van der Waals surface area contributed by atoms with Crippen molar-refractivity contribution < 1.29 is 17.9 Å². The molecule has 0 spiro atoms. The Morgan fingerprint density at radius 1 is 1.36 bits per heavy atom. The Morgan fingerprint density at radius 2 is 2.18 bits per heavy atom. The zero-order valence-electron chi connectivity index (χ0n) is 12.5. The molecule has 0 unspecified atom stereocenters. The lowest BCUT2D eigenvalue weighted by atomic mass is 9.94. The molecule has 0 radical (unpaired) electrons. The van der Waals surface area contributed by atoms with E-state index in [0.717, 1.165) is 6.42 Å². The van der Waals surface area contributed by atoms with Gasteiger partial charge in [-0.2, -0.15) is 4.31 Å². The van der Waals surface area contributed by atoms with Crippen molar-refractivity contribution >= 4 is 27.3 Å². The third-order valence-electron chi connectivity index (χ3n) is 4.34. The van der Waals surface area contributed by atoms with E-state index in [9.17, 15) is 13.2 Å². The van der Waals surface area contributed by atoms with Gasteiger partial charge in [-0.3, -0.25) is 4.79 Å². The maximum absolute atomic E-state index is 12.6. The summed E-state index contributed by atoms with van der Waals surface area (Å²) in [5.74, 6) is 0.263. The summed E-state index contributed by atoms with van der Waals surface area (Å²) in [5.41, 5.74) is 0. The van der Waals surface area contributed by atoms with Crippen LogP contribution in [-0.4, -0.2) is 62.4 Å². The zero-order chi connectivity index (χ0) is 15.7. The van der Waals surface area contributed by atoms with E-state index in [1.54, 1.807) is 29.3 Å². The summed E-state index contributed by atoms with van der Waals surface area (Å²) >= 11 is 1.24. The summed E-state index contributed by atoms with van der Waals surface area (Å²) in [4.78, 5) is 13.4. The van der Waals surface area contributed by atoms with Crippen LogP contribution in [-0.2, 0) is 19.6 Å². The lowest BCUT2D eigenvalue weighted by molar-refractivity contribution is -0.129. The van der Waals surface area contributed by atoms with Crippen LogP contribution < -0.4 is 0 Å². The number of sulfonamides is 1. The molecule has 22 heavy (non-hydrogen) atoms. The van der Waals surface area contributed by atoms with E-state index in [4.69, 9.17) is 4.74 Å².